The first-order valence-corrected chi connectivity index (χ1v) is 8.46. The molecule has 0 radical (unpaired) electrons. The lowest BCUT2D eigenvalue weighted by atomic mass is 10.2. The van der Waals surface area contributed by atoms with E-state index in [2.05, 4.69) is 0 Å². The van der Waals surface area contributed by atoms with Gasteiger partial charge in [-0.3, -0.25) is 4.79 Å². The van der Waals surface area contributed by atoms with Crippen LogP contribution in [0.1, 0.15) is 22.8 Å². The van der Waals surface area contributed by atoms with Crippen LogP contribution >= 0.6 is 11.6 Å². The summed E-state index contributed by atoms with van der Waals surface area (Å²) in [5, 5.41) is 0.366. The summed E-state index contributed by atoms with van der Waals surface area (Å²) in [6, 6.07) is 12.0. The van der Waals surface area contributed by atoms with E-state index in [0.29, 0.717) is 18.2 Å². The number of carbonyl (C=O) groups is 2. The number of ether oxygens (including phenoxy) is 2. The van der Waals surface area contributed by atoms with E-state index in [1.807, 2.05) is 31.2 Å². The van der Waals surface area contributed by atoms with Crippen molar-refractivity contribution in [2.24, 2.45) is 0 Å². The topological polar surface area (TPSA) is 81.9 Å². The van der Waals surface area contributed by atoms with Crippen molar-refractivity contribution in [1.29, 1.82) is 0 Å². The van der Waals surface area contributed by atoms with Gasteiger partial charge in [-0.1, -0.05) is 23.7 Å². The standard InChI is InChI=1S/C19H21ClN2O4/c1-3-25-15-7-4-13(5-8-15)11-22(2)18(23)12-26-19(24)16-10-14(20)6-9-17(16)21/h4-10H,3,11-12,21H2,1-2H3. The first-order valence-electron chi connectivity index (χ1n) is 8.08. The van der Waals surface area contributed by atoms with Crippen molar-refractivity contribution in [3.8, 4) is 5.75 Å². The average molecular weight is 377 g/mol. The van der Waals surface area contributed by atoms with Gasteiger partial charge in [-0.05, 0) is 42.8 Å². The molecule has 0 aliphatic carbocycles. The molecule has 2 aromatic carbocycles. The molecule has 0 unspecified atom stereocenters. The molecule has 1 amide bonds. The van der Waals surface area contributed by atoms with Crippen molar-refractivity contribution in [3.63, 3.8) is 0 Å². The van der Waals surface area contributed by atoms with Crippen LogP contribution in [-0.2, 0) is 16.1 Å². The molecule has 0 aromatic heterocycles. The molecule has 138 valence electrons. The summed E-state index contributed by atoms with van der Waals surface area (Å²) in [6.45, 7) is 2.53. The number of halogens is 1. The van der Waals surface area contributed by atoms with Gasteiger partial charge in [0, 0.05) is 24.3 Å². The molecule has 0 saturated heterocycles. The van der Waals surface area contributed by atoms with Crippen LogP contribution in [0.2, 0.25) is 5.02 Å². The summed E-state index contributed by atoms with van der Waals surface area (Å²) >= 11 is 5.85. The highest BCUT2D eigenvalue weighted by atomic mass is 35.5. The van der Waals surface area contributed by atoms with Crippen molar-refractivity contribution in [2.45, 2.75) is 13.5 Å². The minimum atomic E-state index is -0.687. The number of rotatable bonds is 7. The van der Waals surface area contributed by atoms with E-state index >= 15 is 0 Å². The van der Waals surface area contributed by atoms with Crippen LogP contribution in [0.5, 0.6) is 5.75 Å². The van der Waals surface area contributed by atoms with Gasteiger partial charge in [-0.15, -0.1) is 0 Å². The van der Waals surface area contributed by atoms with Gasteiger partial charge in [-0.2, -0.15) is 0 Å². The quantitative estimate of drug-likeness (QED) is 0.593. The van der Waals surface area contributed by atoms with E-state index in [1.165, 1.54) is 17.0 Å². The largest absolute Gasteiger partial charge is 0.494 e. The fourth-order valence-corrected chi connectivity index (χ4v) is 2.41. The van der Waals surface area contributed by atoms with Crippen LogP contribution in [0, 0.1) is 0 Å². The van der Waals surface area contributed by atoms with Gasteiger partial charge in [0.15, 0.2) is 6.61 Å². The van der Waals surface area contributed by atoms with Crippen LogP contribution in [0.3, 0.4) is 0 Å². The minimum Gasteiger partial charge on any atom is -0.494 e. The molecule has 0 aliphatic rings. The van der Waals surface area contributed by atoms with Crippen molar-refractivity contribution in [2.75, 3.05) is 26.0 Å². The third kappa shape index (κ3) is 5.39. The second kappa shape index (κ2) is 9.10. The summed E-state index contributed by atoms with van der Waals surface area (Å²) in [6.07, 6.45) is 0. The fraction of sp³-hybridized carbons (Fsp3) is 0.263. The van der Waals surface area contributed by atoms with E-state index in [9.17, 15) is 9.59 Å². The number of likely N-dealkylation sites (N-methyl/N-ethyl adjacent to an activating group) is 1. The number of nitrogen functional groups attached to an aromatic ring is 1. The molecule has 0 aliphatic heterocycles. The van der Waals surface area contributed by atoms with Gasteiger partial charge in [0.1, 0.15) is 5.75 Å². The molecule has 0 saturated carbocycles. The van der Waals surface area contributed by atoms with E-state index in [1.54, 1.807) is 13.1 Å². The molecular weight excluding hydrogens is 356 g/mol. The second-order valence-electron chi connectivity index (χ2n) is 5.63. The molecule has 0 bridgehead atoms. The Labute approximate surface area is 157 Å². The molecule has 6 nitrogen and oxygen atoms in total. The number of nitrogens with two attached hydrogens (primary N) is 1. The summed E-state index contributed by atoms with van der Waals surface area (Å²) in [5.74, 6) is -0.237. The Kier molecular flexibility index (Phi) is 6.86. The molecule has 0 heterocycles. The zero-order chi connectivity index (χ0) is 19.1. The number of nitrogens with zero attached hydrogens (tertiary/aromatic N) is 1. The first-order chi connectivity index (χ1) is 12.4. The predicted octanol–water partition coefficient (Wildman–Crippen LogP) is 3.14. The number of hydrogen-bond donors (Lipinski definition) is 1. The van der Waals surface area contributed by atoms with Crippen LogP contribution in [-0.4, -0.2) is 37.0 Å². The SMILES string of the molecule is CCOc1ccc(CN(C)C(=O)COC(=O)c2cc(Cl)ccc2N)cc1. The third-order valence-electron chi connectivity index (χ3n) is 3.64. The zero-order valence-corrected chi connectivity index (χ0v) is 15.5. The normalized spacial score (nSPS) is 10.3. The zero-order valence-electron chi connectivity index (χ0n) is 14.7. The molecule has 0 fully saturated rings. The molecule has 2 N–H and O–H groups in total. The lowest BCUT2D eigenvalue weighted by Gasteiger charge is -2.17. The van der Waals surface area contributed by atoms with Gasteiger partial charge in [0.25, 0.3) is 5.91 Å². The molecular formula is C19H21ClN2O4. The number of benzene rings is 2. The maximum atomic E-state index is 12.2. The highest BCUT2D eigenvalue weighted by Crippen LogP contribution is 2.19. The Balaban J connectivity index is 1.88. The number of anilines is 1. The molecule has 0 spiro atoms. The third-order valence-corrected chi connectivity index (χ3v) is 3.88. The number of hydrogen-bond acceptors (Lipinski definition) is 5. The van der Waals surface area contributed by atoms with Crippen LogP contribution in [0.4, 0.5) is 5.69 Å². The highest BCUT2D eigenvalue weighted by Gasteiger charge is 2.16. The van der Waals surface area contributed by atoms with Crippen LogP contribution in [0.25, 0.3) is 0 Å². The molecule has 7 heteroatoms. The second-order valence-corrected chi connectivity index (χ2v) is 6.07. The Morgan fingerprint density at radius 1 is 1.15 bits per heavy atom. The van der Waals surface area contributed by atoms with Crippen molar-refractivity contribution < 1.29 is 19.1 Å². The predicted molar refractivity (Wildman–Crippen MR) is 100 cm³/mol. The minimum absolute atomic E-state index is 0.138. The van der Waals surface area contributed by atoms with E-state index in [-0.39, 0.29) is 23.8 Å². The summed E-state index contributed by atoms with van der Waals surface area (Å²) in [5.41, 5.74) is 7.05. The number of carbonyl (C=O) groups excluding carboxylic acids is 2. The van der Waals surface area contributed by atoms with E-state index < -0.39 is 5.97 Å². The summed E-state index contributed by atoms with van der Waals surface area (Å²) in [7, 11) is 1.64. The maximum absolute atomic E-state index is 12.2. The summed E-state index contributed by atoms with van der Waals surface area (Å²) in [4.78, 5) is 25.7. The van der Waals surface area contributed by atoms with Gasteiger partial charge in [-0.25, -0.2) is 4.79 Å². The van der Waals surface area contributed by atoms with E-state index in [4.69, 9.17) is 26.8 Å². The number of esters is 1. The molecule has 2 rings (SSSR count). The van der Waals surface area contributed by atoms with Gasteiger partial charge < -0.3 is 20.1 Å². The van der Waals surface area contributed by atoms with Gasteiger partial charge >= 0.3 is 5.97 Å². The smallest absolute Gasteiger partial charge is 0.340 e. The van der Waals surface area contributed by atoms with E-state index in [0.717, 1.165) is 11.3 Å². The maximum Gasteiger partial charge on any atom is 0.340 e. The lowest BCUT2D eigenvalue weighted by Crippen LogP contribution is -2.30. The number of amides is 1. The fourth-order valence-electron chi connectivity index (χ4n) is 2.24. The summed E-state index contributed by atoms with van der Waals surface area (Å²) < 4.78 is 10.4. The molecule has 2 aromatic rings. The highest BCUT2D eigenvalue weighted by molar-refractivity contribution is 6.31. The molecule has 0 atom stereocenters. The van der Waals surface area contributed by atoms with Gasteiger partial charge in [0.2, 0.25) is 0 Å². The van der Waals surface area contributed by atoms with Crippen LogP contribution in [0.15, 0.2) is 42.5 Å². The Morgan fingerprint density at radius 2 is 1.85 bits per heavy atom. The van der Waals surface area contributed by atoms with Crippen molar-refractivity contribution in [3.05, 3.63) is 58.6 Å². The van der Waals surface area contributed by atoms with Gasteiger partial charge in [0.05, 0.1) is 12.2 Å². The monoisotopic (exact) mass is 376 g/mol. The van der Waals surface area contributed by atoms with Crippen LogP contribution < -0.4 is 10.5 Å². The first kappa shape index (κ1) is 19.6. The lowest BCUT2D eigenvalue weighted by molar-refractivity contribution is -0.133. The average Bonchev–Trinajstić information content (AvgIpc) is 2.63. The van der Waals surface area contributed by atoms with Crippen molar-refractivity contribution in [1.82, 2.24) is 4.90 Å². The Hall–Kier alpha value is -2.73. The Morgan fingerprint density at radius 3 is 2.50 bits per heavy atom. The van der Waals surface area contributed by atoms with Crippen molar-refractivity contribution >= 4 is 29.2 Å². The Bertz CT molecular complexity index is 778. The molecule has 26 heavy (non-hydrogen) atoms.